The minimum Gasteiger partial charge on any atom is -0.495 e. The molecule has 1 aliphatic rings. The molecule has 2 aromatic rings. The summed E-state index contributed by atoms with van der Waals surface area (Å²) >= 11 is 1.56. The number of nitrogens with zero attached hydrogens (tertiary/aromatic N) is 2. The van der Waals surface area contributed by atoms with Crippen LogP contribution in [0.5, 0.6) is 5.75 Å². The molecule has 1 aliphatic heterocycles. The van der Waals surface area contributed by atoms with E-state index in [1.165, 1.54) is 7.11 Å². The first-order valence-corrected chi connectivity index (χ1v) is 10.1. The molecule has 0 amide bonds. The summed E-state index contributed by atoms with van der Waals surface area (Å²) in [5.41, 5.74) is 0.898. The maximum atomic E-state index is 13.0. The SMILES string of the molecule is COc1ccc(C)cc1S(=O)(=O)N1CCC(Nc2nccs2)CC1. The molecule has 1 saturated heterocycles. The van der Waals surface area contributed by atoms with E-state index < -0.39 is 10.0 Å². The lowest BCUT2D eigenvalue weighted by molar-refractivity contribution is 0.327. The van der Waals surface area contributed by atoms with Crippen molar-refractivity contribution in [2.24, 2.45) is 0 Å². The number of benzene rings is 1. The second-order valence-corrected chi connectivity index (χ2v) is 8.62. The average Bonchev–Trinajstić information content (AvgIpc) is 3.08. The fourth-order valence-electron chi connectivity index (χ4n) is 2.83. The van der Waals surface area contributed by atoms with Crippen LogP contribution in [0.15, 0.2) is 34.7 Å². The number of hydrogen-bond donors (Lipinski definition) is 1. The molecular weight excluding hydrogens is 346 g/mol. The molecule has 1 fully saturated rings. The minimum atomic E-state index is -3.55. The molecule has 0 saturated carbocycles. The largest absolute Gasteiger partial charge is 0.495 e. The van der Waals surface area contributed by atoms with Gasteiger partial charge in [0.05, 0.1) is 7.11 Å². The summed E-state index contributed by atoms with van der Waals surface area (Å²) in [6, 6.07) is 5.48. The van der Waals surface area contributed by atoms with E-state index in [2.05, 4.69) is 10.3 Å². The van der Waals surface area contributed by atoms with Crippen molar-refractivity contribution < 1.29 is 13.2 Å². The van der Waals surface area contributed by atoms with Crippen LogP contribution in [0.3, 0.4) is 0 Å². The second kappa shape index (κ2) is 7.08. The highest BCUT2D eigenvalue weighted by Gasteiger charge is 2.31. The molecule has 1 aromatic heterocycles. The molecule has 24 heavy (non-hydrogen) atoms. The zero-order valence-corrected chi connectivity index (χ0v) is 15.4. The van der Waals surface area contributed by atoms with Gasteiger partial charge in [-0.25, -0.2) is 13.4 Å². The van der Waals surface area contributed by atoms with Crippen molar-refractivity contribution in [1.82, 2.24) is 9.29 Å². The van der Waals surface area contributed by atoms with Gasteiger partial charge >= 0.3 is 0 Å². The number of methoxy groups -OCH3 is 1. The smallest absolute Gasteiger partial charge is 0.246 e. The van der Waals surface area contributed by atoms with Gasteiger partial charge in [0.2, 0.25) is 10.0 Å². The van der Waals surface area contributed by atoms with Gasteiger partial charge in [-0.2, -0.15) is 4.31 Å². The van der Waals surface area contributed by atoms with Crippen LogP contribution in [0.25, 0.3) is 0 Å². The molecule has 0 aliphatic carbocycles. The standard InChI is InChI=1S/C16H21N3O3S2/c1-12-3-4-14(22-2)15(11-12)24(20,21)19-8-5-13(6-9-19)18-16-17-7-10-23-16/h3-4,7,10-11,13H,5-6,8-9H2,1-2H3,(H,17,18). The van der Waals surface area contributed by atoms with Gasteiger partial charge in [-0.1, -0.05) is 6.07 Å². The van der Waals surface area contributed by atoms with Crippen LogP contribution in [0.2, 0.25) is 0 Å². The Kier molecular flexibility index (Phi) is 5.07. The minimum absolute atomic E-state index is 0.247. The predicted octanol–water partition coefficient (Wildman–Crippen LogP) is 2.73. The van der Waals surface area contributed by atoms with Gasteiger partial charge in [0.25, 0.3) is 0 Å². The molecule has 0 spiro atoms. The Morgan fingerprint density at radius 1 is 1.33 bits per heavy atom. The third kappa shape index (κ3) is 3.55. The van der Waals surface area contributed by atoms with Gasteiger partial charge in [-0.3, -0.25) is 0 Å². The zero-order valence-electron chi connectivity index (χ0n) is 13.7. The highest BCUT2D eigenvalue weighted by Crippen LogP contribution is 2.30. The van der Waals surface area contributed by atoms with Crippen LogP contribution in [-0.2, 0) is 10.0 Å². The first-order valence-electron chi connectivity index (χ1n) is 7.81. The van der Waals surface area contributed by atoms with E-state index in [0.29, 0.717) is 18.8 Å². The molecule has 0 atom stereocenters. The maximum Gasteiger partial charge on any atom is 0.246 e. The molecule has 3 rings (SSSR count). The van der Waals surface area contributed by atoms with E-state index >= 15 is 0 Å². The monoisotopic (exact) mass is 367 g/mol. The normalized spacial score (nSPS) is 16.9. The van der Waals surface area contributed by atoms with Gasteiger partial charge < -0.3 is 10.1 Å². The quantitative estimate of drug-likeness (QED) is 0.880. The number of piperidine rings is 1. The zero-order chi connectivity index (χ0) is 17.2. The van der Waals surface area contributed by atoms with E-state index in [-0.39, 0.29) is 10.9 Å². The van der Waals surface area contributed by atoms with Crippen LogP contribution in [0.4, 0.5) is 5.13 Å². The lowest BCUT2D eigenvalue weighted by Crippen LogP contribution is -2.42. The number of nitrogens with one attached hydrogen (secondary N) is 1. The average molecular weight is 367 g/mol. The number of aryl methyl sites for hydroxylation is 1. The van der Waals surface area contributed by atoms with Crippen LogP contribution >= 0.6 is 11.3 Å². The number of aromatic nitrogens is 1. The van der Waals surface area contributed by atoms with Crippen molar-refractivity contribution in [2.45, 2.75) is 30.7 Å². The highest BCUT2D eigenvalue weighted by atomic mass is 32.2. The molecule has 8 heteroatoms. The summed E-state index contributed by atoms with van der Waals surface area (Å²) in [7, 11) is -2.05. The summed E-state index contributed by atoms with van der Waals surface area (Å²) in [6.45, 7) is 2.85. The van der Waals surface area contributed by atoms with Gasteiger partial charge in [0.1, 0.15) is 10.6 Å². The Labute approximate surface area is 146 Å². The Bertz CT molecular complexity index is 783. The van der Waals surface area contributed by atoms with Crippen molar-refractivity contribution >= 4 is 26.5 Å². The molecule has 1 N–H and O–H groups in total. The summed E-state index contributed by atoms with van der Waals surface area (Å²) in [6.07, 6.45) is 3.27. The fraction of sp³-hybridized carbons (Fsp3) is 0.438. The first-order chi connectivity index (χ1) is 11.5. The van der Waals surface area contributed by atoms with Crippen molar-refractivity contribution in [3.8, 4) is 5.75 Å². The predicted molar refractivity (Wildman–Crippen MR) is 95.2 cm³/mol. The third-order valence-electron chi connectivity index (χ3n) is 4.15. The summed E-state index contributed by atoms with van der Waals surface area (Å²) in [5.74, 6) is 0.392. The number of ether oxygens (including phenoxy) is 1. The van der Waals surface area contributed by atoms with Gasteiger partial charge in [-0.05, 0) is 37.5 Å². The van der Waals surface area contributed by atoms with Crippen LogP contribution < -0.4 is 10.1 Å². The maximum absolute atomic E-state index is 13.0. The Hall–Kier alpha value is -1.64. The summed E-state index contributed by atoms with van der Waals surface area (Å²) in [5, 5.41) is 6.17. The van der Waals surface area contributed by atoms with Crippen LogP contribution in [0, 0.1) is 6.92 Å². The Balaban J connectivity index is 1.72. The Morgan fingerprint density at radius 2 is 2.08 bits per heavy atom. The molecular formula is C16H21N3O3S2. The van der Waals surface area contributed by atoms with E-state index in [0.717, 1.165) is 23.5 Å². The van der Waals surface area contributed by atoms with E-state index in [1.807, 2.05) is 18.4 Å². The van der Waals surface area contributed by atoms with Crippen molar-refractivity contribution in [1.29, 1.82) is 0 Å². The van der Waals surface area contributed by atoms with Gasteiger partial charge in [0.15, 0.2) is 5.13 Å². The molecule has 0 bridgehead atoms. The van der Waals surface area contributed by atoms with E-state index in [4.69, 9.17) is 4.74 Å². The van der Waals surface area contributed by atoms with Crippen molar-refractivity contribution in [3.63, 3.8) is 0 Å². The van der Waals surface area contributed by atoms with Crippen molar-refractivity contribution in [3.05, 3.63) is 35.3 Å². The molecule has 1 aromatic carbocycles. The van der Waals surface area contributed by atoms with Gasteiger partial charge in [0, 0.05) is 30.7 Å². The summed E-state index contributed by atoms with van der Waals surface area (Å²) < 4.78 is 32.7. The van der Waals surface area contributed by atoms with Crippen LogP contribution in [-0.4, -0.2) is 43.9 Å². The lowest BCUT2D eigenvalue weighted by Gasteiger charge is -2.31. The van der Waals surface area contributed by atoms with Crippen LogP contribution in [0.1, 0.15) is 18.4 Å². The Morgan fingerprint density at radius 3 is 2.71 bits per heavy atom. The molecule has 2 heterocycles. The number of rotatable bonds is 5. The fourth-order valence-corrected chi connectivity index (χ4v) is 5.15. The topological polar surface area (TPSA) is 71.5 Å². The number of sulfonamides is 1. The third-order valence-corrected chi connectivity index (χ3v) is 6.77. The second-order valence-electron chi connectivity index (χ2n) is 5.81. The lowest BCUT2D eigenvalue weighted by atomic mass is 10.1. The van der Waals surface area contributed by atoms with Crippen molar-refractivity contribution in [2.75, 3.05) is 25.5 Å². The van der Waals surface area contributed by atoms with E-state index in [1.54, 1.807) is 34.0 Å². The first kappa shape index (κ1) is 17.2. The molecule has 130 valence electrons. The van der Waals surface area contributed by atoms with E-state index in [9.17, 15) is 8.42 Å². The highest BCUT2D eigenvalue weighted by molar-refractivity contribution is 7.89. The summed E-state index contributed by atoms with van der Waals surface area (Å²) in [4.78, 5) is 4.46. The molecule has 6 nitrogen and oxygen atoms in total. The molecule has 0 radical (unpaired) electrons. The molecule has 0 unspecified atom stereocenters. The van der Waals surface area contributed by atoms with Gasteiger partial charge in [-0.15, -0.1) is 11.3 Å². The number of thiazole rings is 1. The number of anilines is 1. The number of hydrogen-bond acceptors (Lipinski definition) is 6.